The molecule has 2 aromatic carbocycles. The third-order valence-corrected chi connectivity index (χ3v) is 5.95. The van der Waals surface area contributed by atoms with E-state index in [0.717, 1.165) is 38.3 Å². The molecule has 1 aliphatic rings. The summed E-state index contributed by atoms with van der Waals surface area (Å²) in [6.07, 6.45) is 0.737. The SMILES string of the molecule is Cc1nc(NC(C)c2cccc(C(F)(F)CO)c2F)c2cc(I)c3c(c2n1)CCO3. The molecule has 2 heterocycles. The Balaban J connectivity index is 1.77. The molecule has 158 valence electrons. The molecule has 2 N–H and O–H groups in total. The van der Waals surface area contributed by atoms with E-state index in [-0.39, 0.29) is 5.56 Å². The van der Waals surface area contributed by atoms with Gasteiger partial charge in [-0.15, -0.1) is 0 Å². The average molecular weight is 529 g/mol. The molecule has 0 bridgehead atoms. The number of nitrogens with zero attached hydrogens (tertiary/aromatic N) is 2. The van der Waals surface area contributed by atoms with Gasteiger partial charge in [0.1, 0.15) is 29.8 Å². The highest BCUT2D eigenvalue weighted by Crippen LogP contribution is 2.39. The number of alkyl halides is 2. The molecule has 0 spiro atoms. The Kier molecular flexibility index (Phi) is 5.52. The second-order valence-corrected chi connectivity index (χ2v) is 8.38. The van der Waals surface area contributed by atoms with Gasteiger partial charge in [0.15, 0.2) is 0 Å². The molecule has 3 aromatic rings. The molecule has 0 saturated carbocycles. The highest BCUT2D eigenvalue weighted by molar-refractivity contribution is 14.1. The Morgan fingerprint density at radius 2 is 2.10 bits per heavy atom. The first kappa shape index (κ1) is 21.1. The largest absolute Gasteiger partial charge is 0.492 e. The van der Waals surface area contributed by atoms with Crippen molar-refractivity contribution in [1.29, 1.82) is 0 Å². The number of fused-ring (bicyclic) bond motifs is 3. The maximum absolute atomic E-state index is 14.9. The van der Waals surface area contributed by atoms with Gasteiger partial charge >= 0.3 is 0 Å². The van der Waals surface area contributed by atoms with Gasteiger partial charge < -0.3 is 15.2 Å². The molecular formula is C21H19F3IN3O2. The van der Waals surface area contributed by atoms with E-state index in [2.05, 4.69) is 37.9 Å². The number of hydrogen-bond donors (Lipinski definition) is 2. The van der Waals surface area contributed by atoms with E-state index in [1.807, 2.05) is 6.07 Å². The molecule has 0 radical (unpaired) electrons. The number of halogens is 4. The Hall–Kier alpha value is -2.14. The van der Waals surface area contributed by atoms with E-state index in [1.54, 1.807) is 13.8 Å². The average Bonchev–Trinajstić information content (AvgIpc) is 3.20. The van der Waals surface area contributed by atoms with Gasteiger partial charge in [0.2, 0.25) is 0 Å². The second kappa shape index (κ2) is 7.84. The standard InChI is InChI=1S/C21H19F3IN3O2/c1-10(12-4-3-5-15(17(12)22)21(23,24)9-29)26-20-14-8-16(25)19-13(6-7-30-19)18(14)27-11(2)28-20/h3-5,8,10,29H,6-7,9H2,1-2H3,(H,26,27,28). The van der Waals surface area contributed by atoms with Crippen LogP contribution in [0.5, 0.6) is 5.75 Å². The van der Waals surface area contributed by atoms with Gasteiger partial charge in [-0.3, -0.25) is 0 Å². The molecule has 1 unspecified atom stereocenters. The lowest BCUT2D eigenvalue weighted by Crippen LogP contribution is -2.22. The smallest absolute Gasteiger partial charge is 0.298 e. The first-order valence-corrected chi connectivity index (χ1v) is 10.5. The Morgan fingerprint density at radius 1 is 1.33 bits per heavy atom. The summed E-state index contributed by atoms with van der Waals surface area (Å²) in [5, 5.41) is 12.8. The van der Waals surface area contributed by atoms with Crippen LogP contribution in [0.25, 0.3) is 10.9 Å². The van der Waals surface area contributed by atoms with Crippen molar-refractivity contribution in [2.45, 2.75) is 32.2 Å². The van der Waals surface area contributed by atoms with Crippen molar-refractivity contribution in [3.8, 4) is 5.75 Å². The third kappa shape index (κ3) is 3.58. The van der Waals surface area contributed by atoms with Crippen LogP contribution in [0.1, 0.15) is 35.5 Å². The van der Waals surface area contributed by atoms with E-state index < -0.39 is 30.0 Å². The second-order valence-electron chi connectivity index (χ2n) is 7.22. The number of hydrogen-bond acceptors (Lipinski definition) is 5. The minimum absolute atomic E-state index is 0.0595. The summed E-state index contributed by atoms with van der Waals surface area (Å²) in [5.74, 6) is -2.85. The van der Waals surface area contributed by atoms with Crippen LogP contribution < -0.4 is 10.1 Å². The van der Waals surface area contributed by atoms with E-state index in [1.165, 1.54) is 12.1 Å². The number of aryl methyl sites for hydroxylation is 1. The number of nitrogens with one attached hydrogen (secondary N) is 1. The summed E-state index contributed by atoms with van der Waals surface area (Å²) in [4.78, 5) is 9.04. The number of anilines is 1. The summed E-state index contributed by atoms with van der Waals surface area (Å²) >= 11 is 2.19. The molecule has 0 amide bonds. The number of aliphatic hydroxyl groups is 1. The summed E-state index contributed by atoms with van der Waals surface area (Å²) < 4.78 is 49.3. The van der Waals surface area contributed by atoms with Gasteiger partial charge in [-0.1, -0.05) is 12.1 Å². The molecule has 0 fully saturated rings. The molecule has 0 aliphatic carbocycles. The maximum atomic E-state index is 14.9. The van der Waals surface area contributed by atoms with Crippen LogP contribution in [0.2, 0.25) is 0 Å². The van der Waals surface area contributed by atoms with Crippen molar-refractivity contribution >= 4 is 39.3 Å². The van der Waals surface area contributed by atoms with Gasteiger partial charge in [-0.2, -0.15) is 8.78 Å². The summed E-state index contributed by atoms with van der Waals surface area (Å²) in [7, 11) is 0. The van der Waals surface area contributed by atoms with Crippen molar-refractivity contribution in [2.24, 2.45) is 0 Å². The fourth-order valence-corrected chi connectivity index (χ4v) is 4.47. The lowest BCUT2D eigenvalue weighted by atomic mass is 10.00. The topological polar surface area (TPSA) is 67.3 Å². The van der Waals surface area contributed by atoms with E-state index in [4.69, 9.17) is 9.84 Å². The molecule has 9 heteroatoms. The number of aromatic nitrogens is 2. The molecule has 1 aliphatic heterocycles. The highest BCUT2D eigenvalue weighted by atomic mass is 127. The van der Waals surface area contributed by atoms with Gasteiger partial charge in [-0.05, 0) is 48.6 Å². The number of benzene rings is 2. The summed E-state index contributed by atoms with van der Waals surface area (Å²) in [5.41, 5.74) is 1.01. The van der Waals surface area contributed by atoms with Gasteiger partial charge in [0.25, 0.3) is 5.92 Å². The molecule has 30 heavy (non-hydrogen) atoms. The zero-order chi connectivity index (χ0) is 21.6. The number of rotatable bonds is 5. The summed E-state index contributed by atoms with van der Waals surface area (Å²) in [6.45, 7) is 2.56. The zero-order valence-electron chi connectivity index (χ0n) is 16.3. The first-order valence-electron chi connectivity index (χ1n) is 9.39. The molecule has 1 atom stereocenters. The van der Waals surface area contributed by atoms with Gasteiger partial charge in [0, 0.05) is 22.9 Å². The van der Waals surface area contributed by atoms with Crippen LogP contribution >= 0.6 is 22.6 Å². The lowest BCUT2D eigenvalue weighted by Gasteiger charge is -2.21. The summed E-state index contributed by atoms with van der Waals surface area (Å²) in [6, 6.07) is 5.03. The zero-order valence-corrected chi connectivity index (χ0v) is 18.4. The van der Waals surface area contributed by atoms with Crippen LogP contribution in [-0.4, -0.2) is 28.3 Å². The Bertz CT molecular complexity index is 1140. The normalized spacial score (nSPS) is 14.5. The van der Waals surface area contributed by atoms with E-state index in [9.17, 15) is 13.2 Å². The van der Waals surface area contributed by atoms with Crippen LogP contribution in [0.4, 0.5) is 19.0 Å². The van der Waals surface area contributed by atoms with Gasteiger partial charge in [0.05, 0.1) is 27.3 Å². The van der Waals surface area contributed by atoms with Crippen LogP contribution in [0.3, 0.4) is 0 Å². The third-order valence-electron chi connectivity index (χ3n) is 5.14. The minimum Gasteiger partial charge on any atom is -0.492 e. The fraction of sp³-hybridized carbons (Fsp3) is 0.333. The number of aliphatic hydroxyl groups excluding tert-OH is 1. The maximum Gasteiger partial charge on any atom is 0.298 e. The molecular weight excluding hydrogens is 510 g/mol. The lowest BCUT2D eigenvalue weighted by molar-refractivity contribution is -0.0583. The van der Waals surface area contributed by atoms with E-state index >= 15 is 0 Å². The first-order chi connectivity index (χ1) is 14.2. The van der Waals surface area contributed by atoms with Crippen molar-refractivity contribution in [2.75, 3.05) is 18.5 Å². The highest BCUT2D eigenvalue weighted by Gasteiger charge is 2.35. The molecule has 4 rings (SSSR count). The quantitative estimate of drug-likeness (QED) is 0.462. The van der Waals surface area contributed by atoms with Crippen molar-refractivity contribution < 1.29 is 23.0 Å². The van der Waals surface area contributed by atoms with Crippen molar-refractivity contribution in [3.63, 3.8) is 0 Å². The monoisotopic (exact) mass is 529 g/mol. The Morgan fingerprint density at radius 3 is 2.83 bits per heavy atom. The predicted octanol–water partition coefficient (Wildman–Crippen LogP) is 4.87. The molecule has 0 saturated heterocycles. The Labute approximate surface area is 184 Å². The minimum atomic E-state index is -3.66. The van der Waals surface area contributed by atoms with Crippen molar-refractivity contribution in [1.82, 2.24) is 9.97 Å². The van der Waals surface area contributed by atoms with Crippen LogP contribution in [-0.2, 0) is 12.3 Å². The van der Waals surface area contributed by atoms with Crippen molar-refractivity contribution in [3.05, 3.63) is 56.2 Å². The predicted molar refractivity (Wildman–Crippen MR) is 116 cm³/mol. The van der Waals surface area contributed by atoms with Crippen LogP contribution in [0.15, 0.2) is 24.3 Å². The van der Waals surface area contributed by atoms with Crippen LogP contribution in [0, 0.1) is 16.3 Å². The number of ether oxygens (including phenoxy) is 1. The van der Waals surface area contributed by atoms with Gasteiger partial charge in [-0.25, -0.2) is 14.4 Å². The molecule has 5 nitrogen and oxygen atoms in total. The fourth-order valence-electron chi connectivity index (χ4n) is 3.68. The molecule has 1 aromatic heterocycles. The van der Waals surface area contributed by atoms with E-state index in [0.29, 0.717) is 18.2 Å².